The van der Waals surface area contributed by atoms with E-state index in [1.165, 1.54) is 10.9 Å². The Kier molecular flexibility index (Phi) is 7.66. The number of furan rings is 1. The third-order valence-corrected chi connectivity index (χ3v) is 8.92. The molecule has 0 spiro atoms. The summed E-state index contributed by atoms with van der Waals surface area (Å²) in [5.74, 6) is 1.33. The molecule has 2 aromatic carbocycles. The summed E-state index contributed by atoms with van der Waals surface area (Å²) in [6.45, 7) is 8.50. The highest BCUT2D eigenvalue weighted by Crippen LogP contribution is 2.45. The second kappa shape index (κ2) is 11.0. The summed E-state index contributed by atoms with van der Waals surface area (Å²) in [6, 6.07) is 15.5. The van der Waals surface area contributed by atoms with Gasteiger partial charge >= 0.3 is 0 Å². The van der Waals surface area contributed by atoms with Crippen molar-refractivity contribution in [1.82, 2.24) is 0 Å². The van der Waals surface area contributed by atoms with Gasteiger partial charge in [-0.3, -0.25) is 14.9 Å². The maximum atomic E-state index is 13.6. The highest BCUT2D eigenvalue weighted by atomic mass is 35.5. The Bertz CT molecular complexity index is 1610. The minimum atomic E-state index is -0.399. The average Bonchev–Trinajstić information content (AvgIpc) is 3.52. The van der Waals surface area contributed by atoms with Crippen molar-refractivity contribution in [3.05, 3.63) is 97.1 Å². The van der Waals surface area contributed by atoms with Crippen molar-refractivity contribution in [3.8, 4) is 11.3 Å². The minimum absolute atomic E-state index is 0.0400. The first kappa shape index (κ1) is 27.8. The molecule has 0 bridgehead atoms. The number of nitrogens with zero attached hydrogens (tertiary/aromatic N) is 2. The summed E-state index contributed by atoms with van der Waals surface area (Å²) in [6.07, 6.45) is 4.36. The standard InChI is InChI=1S/C31H30ClN3O4S/c1-18-23(6-5-7-25(18)35(37)38)26-15-13-22(39-26)17-33-30-28(29(36)34-21-11-9-20(32)10-12-21)24-14-8-19(31(2,3)4)16-27(24)40-30/h5-7,9-13,15,17,19H,8,14,16H2,1-4H3,(H,34,36)/t19-/m1/s1. The van der Waals surface area contributed by atoms with Gasteiger partial charge in [0.2, 0.25) is 0 Å². The first-order chi connectivity index (χ1) is 19.0. The first-order valence-electron chi connectivity index (χ1n) is 13.1. The van der Waals surface area contributed by atoms with Gasteiger partial charge in [0.05, 0.1) is 16.7 Å². The van der Waals surface area contributed by atoms with Crippen molar-refractivity contribution in [2.75, 3.05) is 5.32 Å². The summed E-state index contributed by atoms with van der Waals surface area (Å²) in [5, 5.41) is 15.6. The van der Waals surface area contributed by atoms with E-state index in [0.717, 1.165) is 24.8 Å². The number of carbonyl (C=O) groups is 1. The van der Waals surface area contributed by atoms with Crippen LogP contribution in [0.1, 0.15) is 59.3 Å². The number of fused-ring (bicyclic) bond motifs is 1. The Balaban J connectivity index is 1.47. The zero-order valence-electron chi connectivity index (χ0n) is 22.8. The van der Waals surface area contributed by atoms with Crippen molar-refractivity contribution < 1.29 is 14.1 Å². The molecule has 206 valence electrons. The van der Waals surface area contributed by atoms with Gasteiger partial charge in [-0.1, -0.05) is 44.5 Å². The van der Waals surface area contributed by atoms with Gasteiger partial charge in [0.25, 0.3) is 11.6 Å². The van der Waals surface area contributed by atoms with E-state index in [4.69, 9.17) is 21.0 Å². The van der Waals surface area contributed by atoms with Gasteiger partial charge < -0.3 is 9.73 Å². The molecule has 1 N–H and O–H groups in total. The Morgan fingerprint density at radius 3 is 2.62 bits per heavy atom. The molecule has 0 saturated heterocycles. The molecule has 0 unspecified atom stereocenters. The maximum Gasteiger partial charge on any atom is 0.273 e. The van der Waals surface area contributed by atoms with Gasteiger partial charge in [-0.15, -0.1) is 11.3 Å². The predicted octanol–water partition coefficient (Wildman–Crippen LogP) is 9.03. The number of anilines is 1. The van der Waals surface area contributed by atoms with Crippen molar-refractivity contribution >= 4 is 51.4 Å². The van der Waals surface area contributed by atoms with Crippen LogP contribution in [0, 0.1) is 28.4 Å². The van der Waals surface area contributed by atoms with Gasteiger partial charge in [-0.05, 0) is 79.5 Å². The molecule has 5 rings (SSSR count). The average molecular weight is 576 g/mol. The normalized spacial score (nSPS) is 15.3. The molecule has 1 aliphatic rings. The SMILES string of the molecule is Cc1c(-c2ccc(C=Nc3sc4c(c3C(=O)Nc3ccc(Cl)cc3)CC[C@@H](C(C)(C)C)C4)o2)cccc1[N+](=O)[O-]. The van der Waals surface area contributed by atoms with E-state index in [9.17, 15) is 14.9 Å². The van der Waals surface area contributed by atoms with Crippen molar-refractivity contribution in [2.45, 2.75) is 47.0 Å². The number of halogens is 1. The molecule has 1 aliphatic carbocycles. The van der Waals surface area contributed by atoms with Crippen LogP contribution in [0.15, 0.2) is 64.0 Å². The van der Waals surface area contributed by atoms with E-state index in [1.54, 1.807) is 73.0 Å². The molecule has 1 atom stereocenters. The molecule has 2 aromatic heterocycles. The molecular weight excluding hydrogens is 546 g/mol. The lowest BCUT2D eigenvalue weighted by Gasteiger charge is -2.33. The number of aliphatic imine (C=N–C) groups is 1. The zero-order valence-corrected chi connectivity index (χ0v) is 24.4. The molecule has 1 amide bonds. The smallest absolute Gasteiger partial charge is 0.273 e. The van der Waals surface area contributed by atoms with Crippen LogP contribution in [0.2, 0.25) is 5.02 Å². The third-order valence-electron chi connectivity index (χ3n) is 7.50. The first-order valence-corrected chi connectivity index (χ1v) is 14.3. The van der Waals surface area contributed by atoms with Crippen LogP contribution >= 0.6 is 22.9 Å². The molecule has 0 aliphatic heterocycles. The van der Waals surface area contributed by atoms with Crippen LogP contribution < -0.4 is 5.32 Å². The second-order valence-electron chi connectivity index (χ2n) is 11.1. The quantitative estimate of drug-likeness (QED) is 0.141. The fraction of sp³-hybridized carbons (Fsp3) is 0.290. The topological polar surface area (TPSA) is 97.7 Å². The van der Waals surface area contributed by atoms with Crippen LogP contribution in [0.5, 0.6) is 0 Å². The summed E-state index contributed by atoms with van der Waals surface area (Å²) >= 11 is 7.58. The van der Waals surface area contributed by atoms with Gasteiger partial charge in [0.15, 0.2) is 0 Å². The second-order valence-corrected chi connectivity index (χ2v) is 12.6. The molecule has 0 saturated carbocycles. The number of thiophene rings is 1. The van der Waals surface area contributed by atoms with E-state index in [0.29, 0.717) is 49.8 Å². The van der Waals surface area contributed by atoms with Crippen molar-refractivity contribution in [2.24, 2.45) is 16.3 Å². The molecule has 7 nitrogen and oxygen atoms in total. The molecule has 0 fully saturated rings. The zero-order chi connectivity index (χ0) is 28.6. The number of nitro benzene ring substituents is 1. The van der Waals surface area contributed by atoms with E-state index in [2.05, 4.69) is 26.1 Å². The lowest BCUT2D eigenvalue weighted by Crippen LogP contribution is -2.27. The fourth-order valence-corrected chi connectivity index (χ4v) is 6.53. The van der Waals surface area contributed by atoms with Crippen LogP contribution in [-0.2, 0) is 12.8 Å². The Labute approximate surface area is 242 Å². The molecule has 0 radical (unpaired) electrons. The molecule has 4 aromatic rings. The molecule has 2 heterocycles. The highest BCUT2D eigenvalue weighted by Gasteiger charge is 2.33. The highest BCUT2D eigenvalue weighted by molar-refractivity contribution is 7.16. The van der Waals surface area contributed by atoms with Gasteiger partial charge in [0, 0.05) is 32.8 Å². The van der Waals surface area contributed by atoms with Gasteiger partial charge in [-0.2, -0.15) is 0 Å². The number of carbonyl (C=O) groups excluding carboxylic acids is 1. The number of hydrogen-bond donors (Lipinski definition) is 1. The number of amides is 1. The van der Waals surface area contributed by atoms with Crippen molar-refractivity contribution in [1.29, 1.82) is 0 Å². The lowest BCUT2D eigenvalue weighted by molar-refractivity contribution is -0.385. The van der Waals surface area contributed by atoms with Gasteiger partial charge in [-0.25, -0.2) is 4.99 Å². The van der Waals surface area contributed by atoms with Crippen LogP contribution in [0.25, 0.3) is 11.3 Å². The number of rotatable bonds is 6. The van der Waals surface area contributed by atoms with E-state index in [-0.39, 0.29) is 17.0 Å². The summed E-state index contributed by atoms with van der Waals surface area (Å²) in [4.78, 5) is 30.5. The Morgan fingerprint density at radius 1 is 1.18 bits per heavy atom. The number of hydrogen-bond acceptors (Lipinski definition) is 6. The fourth-order valence-electron chi connectivity index (χ4n) is 5.14. The van der Waals surface area contributed by atoms with Gasteiger partial charge in [0.1, 0.15) is 16.5 Å². The largest absolute Gasteiger partial charge is 0.455 e. The molecule has 40 heavy (non-hydrogen) atoms. The minimum Gasteiger partial charge on any atom is -0.455 e. The van der Waals surface area contributed by atoms with Crippen LogP contribution in [0.4, 0.5) is 16.4 Å². The molecule has 9 heteroatoms. The predicted molar refractivity (Wildman–Crippen MR) is 161 cm³/mol. The number of benzene rings is 2. The summed E-state index contributed by atoms with van der Waals surface area (Å²) < 4.78 is 6.00. The van der Waals surface area contributed by atoms with E-state index < -0.39 is 4.92 Å². The Morgan fingerprint density at radius 2 is 1.93 bits per heavy atom. The van der Waals surface area contributed by atoms with Crippen LogP contribution in [-0.4, -0.2) is 17.0 Å². The van der Waals surface area contributed by atoms with Crippen molar-refractivity contribution in [3.63, 3.8) is 0 Å². The molecular formula is C31H30ClN3O4S. The summed E-state index contributed by atoms with van der Waals surface area (Å²) in [5.41, 5.74) is 3.72. The number of nitrogens with one attached hydrogen (secondary N) is 1. The monoisotopic (exact) mass is 575 g/mol. The van der Waals surface area contributed by atoms with Crippen LogP contribution in [0.3, 0.4) is 0 Å². The third kappa shape index (κ3) is 5.74. The van der Waals surface area contributed by atoms with E-state index in [1.807, 2.05) is 0 Å². The van der Waals surface area contributed by atoms with E-state index >= 15 is 0 Å². The summed E-state index contributed by atoms with van der Waals surface area (Å²) in [7, 11) is 0. The number of nitro groups is 1. The maximum absolute atomic E-state index is 13.6. The lowest BCUT2D eigenvalue weighted by atomic mass is 9.72. The Hall–Kier alpha value is -3.75.